The van der Waals surface area contributed by atoms with Gasteiger partial charge >= 0.3 is 12.1 Å². The van der Waals surface area contributed by atoms with Gasteiger partial charge in [0.05, 0.1) is 6.61 Å². The molecule has 28 heavy (non-hydrogen) atoms. The Morgan fingerprint density at radius 2 is 1.57 bits per heavy atom. The predicted molar refractivity (Wildman–Crippen MR) is 92.6 cm³/mol. The lowest BCUT2D eigenvalue weighted by molar-refractivity contribution is -0.145. The Hall–Kier alpha value is -2.93. The summed E-state index contributed by atoms with van der Waals surface area (Å²) in [6.45, 7) is 5.05. The molecule has 0 aromatic rings. The third-order valence-corrected chi connectivity index (χ3v) is 3.11. The first-order chi connectivity index (χ1) is 12.7. The topological polar surface area (TPSA) is 217 Å². The fraction of sp³-hybridized carbons (Fsp3) is 0.667. The summed E-state index contributed by atoms with van der Waals surface area (Å²) in [5, 5.41) is 33.6. The molecule has 4 atom stereocenters. The van der Waals surface area contributed by atoms with Crippen molar-refractivity contribution in [3.05, 3.63) is 0 Å². The van der Waals surface area contributed by atoms with E-state index in [4.69, 9.17) is 20.7 Å². The van der Waals surface area contributed by atoms with E-state index in [1.807, 2.05) is 10.6 Å². The molecule has 0 saturated carbocycles. The molecular weight excluding hydrogens is 380 g/mol. The molecule has 4 amide bonds. The molecule has 0 radical (unpaired) electrons. The lowest BCUT2D eigenvalue weighted by atomic mass is 10.1. The van der Waals surface area contributed by atoms with Crippen molar-refractivity contribution < 1.29 is 44.0 Å². The highest BCUT2D eigenvalue weighted by Gasteiger charge is 2.35. The third-order valence-electron chi connectivity index (χ3n) is 3.11. The second-order valence-electron chi connectivity index (χ2n) is 6.78. The van der Waals surface area contributed by atoms with Gasteiger partial charge in [-0.25, -0.2) is 9.59 Å². The monoisotopic (exact) mass is 406 g/mol. The number of aliphatic carboxylic acids is 1. The van der Waals surface area contributed by atoms with Crippen LogP contribution in [0.1, 0.15) is 27.7 Å². The number of carbonyl (C=O) groups excluding carboxylic acids is 4. The smallest absolute Gasteiger partial charge is 0.408 e. The van der Waals surface area contributed by atoms with Gasteiger partial charge in [0.25, 0.3) is 0 Å². The quantitative estimate of drug-likeness (QED) is 0.205. The Bertz CT molecular complexity index is 617. The Morgan fingerprint density at radius 3 is 1.96 bits per heavy atom. The summed E-state index contributed by atoms with van der Waals surface area (Å²) in [5.41, 5.74) is 4.09. The van der Waals surface area contributed by atoms with Crippen LogP contribution in [0.15, 0.2) is 0 Å². The van der Waals surface area contributed by atoms with Gasteiger partial charge in [0.2, 0.25) is 17.7 Å². The van der Waals surface area contributed by atoms with Crippen LogP contribution in [0.25, 0.3) is 0 Å². The highest BCUT2D eigenvalue weighted by Crippen LogP contribution is 2.07. The van der Waals surface area contributed by atoms with E-state index in [0.717, 1.165) is 0 Å². The summed E-state index contributed by atoms with van der Waals surface area (Å²) in [6.07, 6.45) is -3.14. The number of nitrogens with two attached hydrogens (primary N) is 1. The molecule has 1 unspecified atom stereocenters. The first kappa shape index (κ1) is 25.1. The molecule has 0 heterocycles. The minimum absolute atomic E-state index is 0.832. The van der Waals surface area contributed by atoms with Crippen LogP contribution in [-0.4, -0.2) is 81.5 Å². The number of hydrogen-bond acceptors (Lipinski definition) is 8. The summed E-state index contributed by atoms with van der Waals surface area (Å²) in [5.74, 6) is -5.24. The number of primary amides is 1. The third kappa shape index (κ3) is 8.64. The number of carboxylic acids is 1. The van der Waals surface area contributed by atoms with Crippen LogP contribution in [0.5, 0.6) is 0 Å². The molecule has 0 rings (SSSR count). The molecular formula is C15H26N4O9. The highest BCUT2D eigenvalue weighted by molar-refractivity contribution is 5.96. The molecule has 8 N–H and O–H groups in total. The van der Waals surface area contributed by atoms with E-state index >= 15 is 0 Å². The molecule has 13 nitrogen and oxygen atoms in total. The molecule has 0 aliphatic carbocycles. The van der Waals surface area contributed by atoms with E-state index in [9.17, 15) is 29.1 Å². The largest absolute Gasteiger partial charge is 0.480 e. The molecule has 0 saturated heterocycles. The highest BCUT2D eigenvalue weighted by atomic mass is 16.6. The number of carbonyl (C=O) groups is 5. The fourth-order valence-corrected chi connectivity index (χ4v) is 1.73. The normalized spacial score (nSPS) is 15.4. The summed E-state index contributed by atoms with van der Waals surface area (Å²) in [6, 6.07) is -4.97. The number of amides is 4. The maximum Gasteiger partial charge on any atom is 0.408 e. The standard InChI is InChI=1S/C15H26N4O9/c1-6(17-14(27)28-15(2,3)4)11(23)19-8(9(21)10(16)22)12(24)18-7(5-20)13(25)26/h6-9,20-21H,5H2,1-4H3,(H2,16,22)(H,17,27)(H,18,24)(H,19,23)(H,25,26)/t6-,7+,8?,9+/m1/s1. The molecule has 0 aromatic heterocycles. The Morgan fingerprint density at radius 1 is 1.04 bits per heavy atom. The van der Waals surface area contributed by atoms with Gasteiger partial charge in [0, 0.05) is 0 Å². The number of alkyl carbamates (subject to hydrolysis) is 1. The van der Waals surface area contributed by atoms with E-state index in [-0.39, 0.29) is 0 Å². The van der Waals surface area contributed by atoms with Crippen molar-refractivity contribution in [1.29, 1.82) is 0 Å². The molecule has 0 bridgehead atoms. The number of ether oxygens (including phenoxy) is 1. The second kappa shape index (κ2) is 10.4. The zero-order chi connectivity index (χ0) is 22.2. The first-order valence-corrected chi connectivity index (χ1v) is 8.11. The predicted octanol–water partition coefficient (Wildman–Crippen LogP) is -3.21. The number of aliphatic hydroxyl groups is 2. The molecule has 0 aliphatic rings. The van der Waals surface area contributed by atoms with Crippen molar-refractivity contribution >= 4 is 29.8 Å². The van der Waals surface area contributed by atoms with Gasteiger partial charge in [-0.15, -0.1) is 0 Å². The molecule has 0 aromatic carbocycles. The number of carboxylic acid groups (broad SMARTS) is 1. The van der Waals surface area contributed by atoms with Crippen molar-refractivity contribution in [1.82, 2.24) is 16.0 Å². The Kier molecular flexibility index (Phi) is 9.33. The summed E-state index contributed by atoms with van der Waals surface area (Å²) < 4.78 is 4.96. The average Bonchev–Trinajstić information content (AvgIpc) is 2.53. The number of hydrogen-bond donors (Lipinski definition) is 7. The van der Waals surface area contributed by atoms with Gasteiger partial charge in [-0.3, -0.25) is 14.4 Å². The van der Waals surface area contributed by atoms with Crippen molar-refractivity contribution in [2.24, 2.45) is 5.73 Å². The van der Waals surface area contributed by atoms with Crippen molar-refractivity contribution in [3.8, 4) is 0 Å². The van der Waals surface area contributed by atoms with Crippen LogP contribution in [0, 0.1) is 0 Å². The minimum atomic E-state index is -2.20. The van der Waals surface area contributed by atoms with Crippen molar-refractivity contribution in [2.45, 2.75) is 57.5 Å². The molecule has 0 aliphatic heterocycles. The molecule has 13 heteroatoms. The zero-order valence-electron chi connectivity index (χ0n) is 15.9. The minimum Gasteiger partial charge on any atom is -0.480 e. The van der Waals surface area contributed by atoms with E-state index < -0.39 is 66.2 Å². The fourth-order valence-electron chi connectivity index (χ4n) is 1.73. The van der Waals surface area contributed by atoms with Crippen LogP contribution >= 0.6 is 0 Å². The van der Waals surface area contributed by atoms with E-state index in [0.29, 0.717) is 0 Å². The zero-order valence-corrected chi connectivity index (χ0v) is 15.9. The molecule has 160 valence electrons. The van der Waals surface area contributed by atoms with Crippen LogP contribution < -0.4 is 21.7 Å². The lowest BCUT2D eigenvalue weighted by Crippen LogP contribution is -2.61. The maximum atomic E-state index is 12.2. The Labute approximate surface area is 160 Å². The maximum absolute atomic E-state index is 12.2. The van der Waals surface area contributed by atoms with Gasteiger partial charge in [-0.1, -0.05) is 0 Å². The number of rotatable bonds is 9. The van der Waals surface area contributed by atoms with E-state index in [1.54, 1.807) is 20.8 Å². The van der Waals surface area contributed by atoms with Gasteiger partial charge in [-0.05, 0) is 27.7 Å². The van der Waals surface area contributed by atoms with E-state index in [2.05, 4.69) is 5.32 Å². The van der Waals surface area contributed by atoms with Gasteiger partial charge in [-0.2, -0.15) is 0 Å². The molecule has 0 fully saturated rings. The van der Waals surface area contributed by atoms with Gasteiger partial charge in [0.15, 0.2) is 6.10 Å². The van der Waals surface area contributed by atoms with Crippen LogP contribution in [0.4, 0.5) is 4.79 Å². The summed E-state index contributed by atoms with van der Waals surface area (Å²) >= 11 is 0. The lowest BCUT2D eigenvalue weighted by Gasteiger charge is -2.25. The van der Waals surface area contributed by atoms with E-state index in [1.165, 1.54) is 6.92 Å². The van der Waals surface area contributed by atoms with Crippen LogP contribution in [-0.2, 0) is 23.9 Å². The summed E-state index contributed by atoms with van der Waals surface area (Å²) in [7, 11) is 0. The SMILES string of the molecule is C[C@@H](NC(=O)OC(C)(C)C)C(=O)NC(C(=O)N[C@@H](CO)C(=O)O)[C@H](O)C(N)=O. The second-order valence-corrected chi connectivity index (χ2v) is 6.78. The molecule has 0 spiro atoms. The number of nitrogens with one attached hydrogen (secondary N) is 3. The first-order valence-electron chi connectivity index (χ1n) is 8.11. The van der Waals surface area contributed by atoms with Crippen LogP contribution in [0.2, 0.25) is 0 Å². The number of aliphatic hydroxyl groups excluding tert-OH is 2. The Balaban J connectivity index is 5.21. The van der Waals surface area contributed by atoms with Gasteiger partial charge < -0.3 is 41.7 Å². The van der Waals surface area contributed by atoms with Gasteiger partial charge in [0.1, 0.15) is 23.7 Å². The van der Waals surface area contributed by atoms with Crippen LogP contribution in [0.3, 0.4) is 0 Å². The van der Waals surface area contributed by atoms with Crippen molar-refractivity contribution in [2.75, 3.05) is 6.61 Å². The average molecular weight is 406 g/mol. The summed E-state index contributed by atoms with van der Waals surface area (Å²) in [4.78, 5) is 58.1. The van der Waals surface area contributed by atoms with Crippen molar-refractivity contribution in [3.63, 3.8) is 0 Å².